The van der Waals surface area contributed by atoms with Crippen LogP contribution in [-0.4, -0.2) is 11.4 Å². The highest BCUT2D eigenvalue weighted by Gasteiger charge is 2.13. The number of rotatable bonds is 7. The second kappa shape index (κ2) is 7.42. The van der Waals surface area contributed by atoms with Gasteiger partial charge in [0.1, 0.15) is 5.78 Å². The SMILES string of the molecule is [1H]N=P[C@@H](CCCCC)C(=O)CC. The molecule has 0 rings (SSSR count). The zero-order valence-electron chi connectivity index (χ0n) is 8.92. The van der Waals surface area contributed by atoms with E-state index in [0.29, 0.717) is 14.8 Å². The minimum Gasteiger partial charge on any atom is -0.299 e. The average Bonchev–Trinajstić information content (AvgIpc) is 2.16. The van der Waals surface area contributed by atoms with Crippen molar-refractivity contribution in [3.8, 4) is 0 Å². The third kappa shape index (κ3) is 4.61. The van der Waals surface area contributed by atoms with Crippen molar-refractivity contribution in [2.24, 2.45) is 0 Å². The van der Waals surface area contributed by atoms with E-state index in [9.17, 15) is 4.79 Å². The minimum absolute atomic E-state index is 0.0194. The van der Waals surface area contributed by atoms with Crippen molar-refractivity contribution in [2.45, 2.75) is 51.6 Å². The molecule has 12 heavy (non-hydrogen) atoms. The highest BCUT2D eigenvalue weighted by Crippen LogP contribution is 2.17. The Bertz CT molecular complexity index is 173. The van der Waals surface area contributed by atoms with Crippen LogP contribution in [0.5, 0.6) is 0 Å². The van der Waals surface area contributed by atoms with Crippen LogP contribution < -0.4 is 0 Å². The zero-order chi connectivity index (χ0) is 10.1. The van der Waals surface area contributed by atoms with Crippen LogP contribution in [0.1, 0.15) is 46.0 Å². The predicted molar refractivity (Wildman–Crippen MR) is 52.9 cm³/mol. The van der Waals surface area contributed by atoms with E-state index in [2.05, 4.69) is 12.1 Å². The van der Waals surface area contributed by atoms with Crippen LogP contribution in [-0.2, 0) is 4.79 Å². The number of nitrogens with one attached hydrogen (secondary N) is 1. The van der Waals surface area contributed by atoms with Gasteiger partial charge in [-0.1, -0.05) is 33.1 Å². The lowest BCUT2D eigenvalue weighted by atomic mass is 10.1. The second-order valence-electron chi connectivity index (χ2n) is 2.95. The first-order valence-electron chi connectivity index (χ1n) is 5.07. The zero-order valence-corrected chi connectivity index (χ0v) is 8.81. The van der Waals surface area contributed by atoms with Gasteiger partial charge < -0.3 is 0 Å². The molecule has 1 atom stereocenters. The topological polar surface area (TPSA) is 40.9 Å². The smallest absolute Gasteiger partial charge is 0.192 e. The maximum absolute atomic E-state index is 11.3. The summed E-state index contributed by atoms with van der Waals surface area (Å²) < 4.78 is 6.74. The van der Waals surface area contributed by atoms with Crippen molar-refractivity contribution < 1.29 is 6.21 Å². The Morgan fingerprint density at radius 2 is 2.33 bits per heavy atom. The first-order valence-corrected chi connectivity index (χ1v) is 5.54. The standard InChI is InChI=1S/C9H18NOP/c1-3-5-6-7-9(12-10)8(11)4-2/h9-10H,3-7H2,1-2H3/t9-/m0/s1/i/hH. The van der Waals surface area contributed by atoms with Gasteiger partial charge in [-0.25, -0.2) is 0 Å². The highest BCUT2D eigenvalue weighted by molar-refractivity contribution is 7.27. The summed E-state index contributed by atoms with van der Waals surface area (Å²) in [5, 5.41) is 3.29. The van der Waals surface area contributed by atoms with Crippen molar-refractivity contribution in [1.82, 2.24) is 0 Å². The Balaban J connectivity index is 3.87. The van der Waals surface area contributed by atoms with Crippen molar-refractivity contribution >= 4 is 14.2 Å². The van der Waals surface area contributed by atoms with Gasteiger partial charge in [0.15, 0.2) is 1.41 Å². The number of unbranched alkanes of at least 4 members (excludes halogenated alkanes) is 2. The molecule has 0 aromatic rings. The summed E-state index contributed by atoms with van der Waals surface area (Å²) in [5.74, 6) is 0.244. The average molecular weight is 187 g/mol. The van der Waals surface area contributed by atoms with E-state index < -0.39 is 0 Å². The molecule has 0 aliphatic heterocycles. The molecule has 3 heteroatoms. The second-order valence-corrected chi connectivity index (χ2v) is 3.80. The molecule has 0 aromatic carbocycles. The molecule has 0 spiro atoms. The van der Waals surface area contributed by atoms with Crippen LogP contribution >= 0.6 is 8.37 Å². The van der Waals surface area contributed by atoms with E-state index in [-0.39, 0.29) is 11.4 Å². The summed E-state index contributed by atoms with van der Waals surface area (Å²) in [4.78, 5) is 11.3. The summed E-state index contributed by atoms with van der Waals surface area (Å²) in [5.41, 5.74) is -0.0194. The van der Waals surface area contributed by atoms with Crippen molar-refractivity contribution in [3.05, 3.63) is 0 Å². The summed E-state index contributed by atoms with van der Waals surface area (Å²) in [6.07, 6.45) is 4.88. The maximum atomic E-state index is 11.3. The van der Waals surface area contributed by atoms with Crippen LogP contribution in [0.2, 0.25) is 1.41 Å². The molecule has 0 amide bonds. The fraction of sp³-hybridized carbons (Fsp3) is 0.889. The summed E-state index contributed by atoms with van der Waals surface area (Å²) in [6, 6.07) is 0. The molecule has 0 aliphatic carbocycles. The quantitative estimate of drug-likeness (QED) is 0.480. The molecule has 0 aliphatic rings. The van der Waals surface area contributed by atoms with E-state index in [1.165, 1.54) is 12.8 Å². The predicted octanol–water partition coefficient (Wildman–Crippen LogP) is 3.62. The van der Waals surface area contributed by atoms with Crippen LogP contribution in [0.4, 0.5) is 0 Å². The normalized spacial score (nSPS) is 14.7. The number of hydrogen-bond acceptors (Lipinski definition) is 2. The molecule has 70 valence electrons. The molecule has 0 heterocycles. The van der Waals surface area contributed by atoms with E-state index in [0.717, 1.165) is 12.8 Å². The third-order valence-electron chi connectivity index (χ3n) is 1.94. The Hall–Kier alpha value is -0.230. The fourth-order valence-corrected chi connectivity index (χ4v) is 1.72. The van der Waals surface area contributed by atoms with E-state index in [1.807, 2.05) is 6.92 Å². The van der Waals surface area contributed by atoms with Gasteiger partial charge in [-0.05, 0) is 6.42 Å². The Morgan fingerprint density at radius 1 is 1.58 bits per heavy atom. The van der Waals surface area contributed by atoms with Crippen LogP contribution in [0.3, 0.4) is 0 Å². The van der Waals surface area contributed by atoms with Gasteiger partial charge in [0.2, 0.25) is 0 Å². The summed E-state index contributed by atoms with van der Waals surface area (Å²) in [7, 11) is 0.624. The van der Waals surface area contributed by atoms with Gasteiger partial charge in [0, 0.05) is 14.8 Å². The number of carbonyl (C=O) groups is 1. The monoisotopic (exact) mass is 187 g/mol. The molecule has 0 fully saturated rings. The number of hydrogen-bond donors (Lipinski definition) is 1. The van der Waals surface area contributed by atoms with Gasteiger partial charge in [0.25, 0.3) is 0 Å². The molecule has 0 unspecified atom stereocenters. The van der Waals surface area contributed by atoms with E-state index in [4.69, 9.17) is 1.41 Å². The maximum Gasteiger partial charge on any atom is 0.192 e. The molecule has 2 nitrogen and oxygen atoms in total. The van der Waals surface area contributed by atoms with Crippen LogP contribution in [0, 0.1) is 5.15 Å². The Morgan fingerprint density at radius 3 is 2.83 bits per heavy atom. The third-order valence-corrected chi connectivity index (χ3v) is 2.77. The molecular weight excluding hydrogens is 169 g/mol. The summed E-state index contributed by atoms with van der Waals surface area (Å²) >= 11 is 0. The van der Waals surface area contributed by atoms with Gasteiger partial charge in [-0.3, -0.25) is 9.95 Å². The molecule has 0 bridgehead atoms. The summed E-state index contributed by atoms with van der Waals surface area (Å²) in [6.45, 7) is 4.01. The molecule has 0 saturated heterocycles. The van der Waals surface area contributed by atoms with Crippen LogP contribution in [0.25, 0.3) is 0 Å². The van der Waals surface area contributed by atoms with Crippen molar-refractivity contribution in [1.29, 1.82) is 5.15 Å². The van der Waals surface area contributed by atoms with Gasteiger partial charge in [-0.2, -0.15) is 0 Å². The largest absolute Gasteiger partial charge is 0.299 e. The lowest BCUT2D eigenvalue weighted by Crippen LogP contribution is -2.12. The molecule has 1 N–H and O–H groups in total. The van der Waals surface area contributed by atoms with Crippen molar-refractivity contribution in [2.75, 3.05) is 0 Å². The fourth-order valence-electron chi connectivity index (χ4n) is 1.11. The Kier molecular flexibility index (Phi) is 6.09. The minimum atomic E-state index is -0.0194. The highest BCUT2D eigenvalue weighted by atomic mass is 31.1. The number of carbonyl (C=O) groups excluding carboxylic acids is 1. The molecule has 0 radical (unpaired) electrons. The van der Waals surface area contributed by atoms with Gasteiger partial charge >= 0.3 is 0 Å². The first-order chi connectivity index (χ1) is 6.26. The lowest BCUT2D eigenvalue weighted by molar-refractivity contribution is -0.118. The number of Topliss-reactive ketones (excluding diaryl/α,β-unsaturated/α-hetero) is 1. The van der Waals surface area contributed by atoms with Gasteiger partial charge in [0.05, 0.1) is 5.66 Å². The molecule has 0 saturated carbocycles. The van der Waals surface area contributed by atoms with Gasteiger partial charge in [-0.15, -0.1) is 0 Å². The Labute approximate surface area is 77.9 Å². The lowest BCUT2D eigenvalue weighted by Gasteiger charge is -2.06. The van der Waals surface area contributed by atoms with Crippen LogP contribution in [0.15, 0.2) is 0 Å². The molecular formula is C9H18NOP. The molecule has 0 aromatic heterocycles. The van der Waals surface area contributed by atoms with Crippen molar-refractivity contribution in [3.63, 3.8) is 0 Å². The van der Waals surface area contributed by atoms with E-state index in [1.54, 1.807) is 0 Å². The first kappa shape index (κ1) is 9.85. The number of ketones is 1. The van der Waals surface area contributed by atoms with E-state index >= 15 is 0 Å².